The monoisotopic (exact) mass is 588 g/mol. The SMILES string of the molecule is CC(=O)CCCN1COc2nc(OCc3cccc(COc4ccc5c(n4)OCN(CCCC(C)=O)C5)c3C)ccc2C1. The first-order chi connectivity index (χ1) is 20.8. The summed E-state index contributed by atoms with van der Waals surface area (Å²) in [5.74, 6) is 2.65. The summed E-state index contributed by atoms with van der Waals surface area (Å²) in [6, 6.07) is 13.8. The van der Waals surface area contributed by atoms with Gasteiger partial charge in [0.1, 0.15) is 38.2 Å². The maximum absolute atomic E-state index is 11.2. The lowest BCUT2D eigenvalue weighted by molar-refractivity contribution is -0.118. The molecule has 0 fully saturated rings. The van der Waals surface area contributed by atoms with E-state index >= 15 is 0 Å². The molecule has 0 saturated heterocycles. The van der Waals surface area contributed by atoms with Crippen LogP contribution in [-0.4, -0.2) is 57.9 Å². The molecule has 43 heavy (non-hydrogen) atoms. The van der Waals surface area contributed by atoms with E-state index in [0.29, 0.717) is 63.0 Å². The number of benzene rings is 1. The minimum Gasteiger partial charge on any atom is -0.473 e. The number of ketones is 2. The first-order valence-electron chi connectivity index (χ1n) is 14.9. The molecule has 5 rings (SSSR count). The molecule has 0 aliphatic carbocycles. The third-order valence-corrected chi connectivity index (χ3v) is 7.70. The van der Waals surface area contributed by atoms with Gasteiger partial charge in [-0.25, -0.2) is 0 Å². The Morgan fingerprint density at radius 1 is 0.744 bits per heavy atom. The lowest BCUT2D eigenvalue weighted by atomic mass is 10.0. The van der Waals surface area contributed by atoms with Crippen LogP contribution in [0.1, 0.15) is 67.3 Å². The zero-order valence-corrected chi connectivity index (χ0v) is 25.3. The lowest BCUT2D eigenvalue weighted by Crippen LogP contribution is -2.33. The Morgan fingerprint density at radius 2 is 1.21 bits per heavy atom. The summed E-state index contributed by atoms with van der Waals surface area (Å²) in [7, 11) is 0. The molecule has 0 unspecified atom stereocenters. The van der Waals surface area contributed by atoms with Gasteiger partial charge in [-0.15, -0.1) is 0 Å². The molecule has 0 radical (unpaired) electrons. The molecule has 0 amide bonds. The lowest BCUT2D eigenvalue weighted by Gasteiger charge is -2.28. The number of ether oxygens (including phenoxy) is 4. The summed E-state index contributed by atoms with van der Waals surface area (Å²) in [4.78, 5) is 35.9. The molecule has 2 aliphatic heterocycles. The van der Waals surface area contributed by atoms with E-state index in [2.05, 4.69) is 26.7 Å². The highest BCUT2D eigenvalue weighted by molar-refractivity contribution is 5.75. The molecule has 3 aromatic rings. The van der Waals surface area contributed by atoms with Gasteiger partial charge in [-0.05, 0) is 62.4 Å². The maximum atomic E-state index is 11.2. The summed E-state index contributed by atoms with van der Waals surface area (Å²) >= 11 is 0. The standard InChI is InChI=1S/C33H40N4O6/c1-23(38)7-5-15-36-17-26-11-13-30(34-32(26)42-21-36)40-19-28-9-4-10-29(25(28)3)20-41-31-14-12-27-18-37(16-6-8-24(2)39)22-43-33(27)35-31/h4,9-14H,5-8,15-22H2,1-3H3. The molecule has 0 spiro atoms. The first kappa shape index (κ1) is 30.4. The van der Waals surface area contributed by atoms with Crippen molar-refractivity contribution < 1.29 is 28.5 Å². The number of rotatable bonds is 14. The van der Waals surface area contributed by atoms with Crippen molar-refractivity contribution in [2.45, 2.75) is 72.8 Å². The van der Waals surface area contributed by atoms with Crippen LogP contribution in [-0.2, 0) is 35.9 Å². The number of aromatic nitrogens is 2. The number of Topliss-reactive ketones (excluding diaryl/α,β-unsaturated/α-hetero) is 2. The zero-order chi connectivity index (χ0) is 30.2. The molecule has 228 valence electrons. The predicted octanol–water partition coefficient (Wildman–Crippen LogP) is 4.99. The van der Waals surface area contributed by atoms with Crippen LogP contribution in [0.2, 0.25) is 0 Å². The van der Waals surface area contributed by atoms with E-state index in [1.807, 2.05) is 42.5 Å². The van der Waals surface area contributed by atoms with Gasteiger partial charge in [-0.3, -0.25) is 9.80 Å². The fourth-order valence-corrected chi connectivity index (χ4v) is 5.18. The van der Waals surface area contributed by atoms with E-state index in [0.717, 1.165) is 66.8 Å². The zero-order valence-electron chi connectivity index (χ0n) is 25.3. The normalized spacial score (nSPS) is 14.7. The van der Waals surface area contributed by atoms with Crippen LogP contribution in [0.3, 0.4) is 0 Å². The molecule has 2 aliphatic rings. The van der Waals surface area contributed by atoms with E-state index in [9.17, 15) is 9.59 Å². The molecule has 0 N–H and O–H groups in total. The van der Waals surface area contributed by atoms with Gasteiger partial charge in [0.25, 0.3) is 0 Å². The highest BCUT2D eigenvalue weighted by atomic mass is 16.5. The number of nitrogens with zero attached hydrogens (tertiary/aromatic N) is 4. The second-order valence-corrected chi connectivity index (χ2v) is 11.3. The van der Waals surface area contributed by atoms with Crippen LogP contribution >= 0.6 is 0 Å². The van der Waals surface area contributed by atoms with Gasteiger partial charge >= 0.3 is 0 Å². The van der Waals surface area contributed by atoms with Crippen molar-refractivity contribution in [2.24, 2.45) is 0 Å². The Morgan fingerprint density at radius 3 is 1.65 bits per heavy atom. The van der Waals surface area contributed by atoms with Crippen molar-refractivity contribution in [2.75, 3.05) is 26.6 Å². The van der Waals surface area contributed by atoms with Crippen LogP contribution in [0.25, 0.3) is 0 Å². The van der Waals surface area contributed by atoms with Crippen LogP contribution < -0.4 is 18.9 Å². The van der Waals surface area contributed by atoms with Gasteiger partial charge in [-0.2, -0.15) is 9.97 Å². The van der Waals surface area contributed by atoms with Crippen LogP contribution in [0.15, 0.2) is 42.5 Å². The number of hydrogen-bond donors (Lipinski definition) is 0. The van der Waals surface area contributed by atoms with Gasteiger partial charge in [0, 0.05) is 62.3 Å². The van der Waals surface area contributed by atoms with Gasteiger partial charge in [-0.1, -0.05) is 18.2 Å². The van der Waals surface area contributed by atoms with Crippen molar-refractivity contribution in [3.63, 3.8) is 0 Å². The topological polar surface area (TPSA) is 103 Å². The third-order valence-electron chi connectivity index (χ3n) is 7.70. The molecule has 4 heterocycles. The quantitative estimate of drug-likeness (QED) is 0.256. The van der Waals surface area contributed by atoms with Gasteiger partial charge in [0.2, 0.25) is 23.5 Å². The van der Waals surface area contributed by atoms with Crippen molar-refractivity contribution in [1.82, 2.24) is 19.8 Å². The number of hydrogen-bond acceptors (Lipinski definition) is 10. The van der Waals surface area contributed by atoms with E-state index in [4.69, 9.17) is 18.9 Å². The highest BCUT2D eigenvalue weighted by Gasteiger charge is 2.21. The summed E-state index contributed by atoms with van der Waals surface area (Å²) in [5, 5.41) is 0. The van der Waals surface area contributed by atoms with Crippen LogP contribution in [0.5, 0.6) is 23.5 Å². The van der Waals surface area contributed by atoms with Gasteiger partial charge < -0.3 is 28.5 Å². The van der Waals surface area contributed by atoms with Crippen molar-refractivity contribution >= 4 is 11.6 Å². The molecular formula is C33H40N4O6. The Balaban J connectivity index is 1.12. The largest absolute Gasteiger partial charge is 0.473 e. The van der Waals surface area contributed by atoms with Crippen molar-refractivity contribution in [3.05, 3.63) is 70.3 Å². The minimum atomic E-state index is 0.212. The Bertz CT molecular complexity index is 1340. The molecule has 0 atom stereocenters. The molecular weight excluding hydrogens is 548 g/mol. The minimum absolute atomic E-state index is 0.212. The number of carbonyl (C=O) groups excluding carboxylic acids is 2. The summed E-state index contributed by atoms with van der Waals surface area (Å²) in [6.07, 6.45) is 2.83. The Hall–Kier alpha value is -4.02. The number of carbonyl (C=O) groups is 2. The average molecular weight is 589 g/mol. The molecule has 10 heteroatoms. The Kier molecular flexibility index (Phi) is 10.2. The molecule has 2 aromatic heterocycles. The Labute approximate surface area is 252 Å². The fourth-order valence-electron chi connectivity index (χ4n) is 5.18. The maximum Gasteiger partial charge on any atom is 0.222 e. The second kappa shape index (κ2) is 14.4. The predicted molar refractivity (Wildman–Crippen MR) is 160 cm³/mol. The number of fused-ring (bicyclic) bond motifs is 2. The average Bonchev–Trinajstić information content (AvgIpc) is 2.99. The van der Waals surface area contributed by atoms with E-state index < -0.39 is 0 Å². The molecule has 10 nitrogen and oxygen atoms in total. The van der Waals surface area contributed by atoms with Crippen molar-refractivity contribution in [1.29, 1.82) is 0 Å². The summed E-state index contributed by atoms with van der Waals surface area (Å²) < 4.78 is 23.8. The molecule has 1 aromatic carbocycles. The summed E-state index contributed by atoms with van der Waals surface area (Å²) in [6.45, 7) is 10.1. The highest BCUT2D eigenvalue weighted by Crippen LogP contribution is 2.28. The first-order valence-corrected chi connectivity index (χ1v) is 14.9. The van der Waals surface area contributed by atoms with E-state index in [-0.39, 0.29) is 11.6 Å². The number of pyridine rings is 2. The van der Waals surface area contributed by atoms with Crippen LogP contribution in [0, 0.1) is 6.92 Å². The third kappa shape index (κ3) is 8.52. The smallest absolute Gasteiger partial charge is 0.222 e. The van der Waals surface area contributed by atoms with E-state index in [1.165, 1.54) is 0 Å². The van der Waals surface area contributed by atoms with Gasteiger partial charge in [0.15, 0.2) is 0 Å². The summed E-state index contributed by atoms with van der Waals surface area (Å²) in [5.41, 5.74) is 5.21. The van der Waals surface area contributed by atoms with Gasteiger partial charge in [0.05, 0.1) is 0 Å². The second-order valence-electron chi connectivity index (χ2n) is 11.3. The molecule has 0 bridgehead atoms. The van der Waals surface area contributed by atoms with Crippen LogP contribution in [0.4, 0.5) is 0 Å². The fraction of sp³-hybridized carbons (Fsp3) is 0.455. The van der Waals surface area contributed by atoms with E-state index in [1.54, 1.807) is 13.8 Å². The molecule has 0 saturated carbocycles. The van der Waals surface area contributed by atoms with Crippen molar-refractivity contribution in [3.8, 4) is 23.5 Å².